The van der Waals surface area contributed by atoms with Crippen molar-refractivity contribution in [3.8, 4) is 0 Å². The number of carbonyl (C=O) groups is 1. The lowest BCUT2D eigenvalue weighted by Crippen LogP contribution is -2.89. The summed E-state index contributed by atoms with van der Waals surface area (Å²) in [6.45, 7) is 0. The van der Waals surface area contributed by atoms with Gasteiger partial charge >= 0.3 is 18.2 Å². The van der Waals surface area contributed by atoms with Crippen LogP contribution in [0.5, 0.6) is 0 Å². The van der Waals surface area contributed by atoms with E-state index >= 15 is 0 Å². The highest BCUT2D eigenvalue weighted by Crippen LogP contribution is 2.90. The molecule has 1 spiro atoms. The number of alkyl halides is 2. The molecule has 17 heavy (non-hydrogen) atoms. The molecule has 0 heterocycles. The van der Waals surface area contributed by atoms with Gasteiger partial charge in [-0.3, -0.25) is 4.79 Å². The first kappa shape index (κ1) is 9.97. The molecule has 4 saturated carbocycles. The first-order chi connectivity index (χ1) is 7.96. The summed E-state index contributed by atoms with van der Waals surface area (Å²) < 4.78 is 31.0. The lowest BCUT2D eigenvalue weighted by Gasteiger charge is -2.89. The van der Waals surface area contributed by atoms with Crippen LogP contribution >= 0.6 is 0 Å². The normalized spacial score (nSPS) is 52.7. The Labute approximate surface area is 96.5 Å². The van der Waals surface area contributed by atoms with E-state index in [1.807, 2.05) is 0 Å². The molecule has 4 rings (SSSR count). The molecule has 0 aromatic carbocycles. The van der Waals surface area contributed by atoms with E-state index in [4.69, 9.17) is 9.53 Å². The number of rotatable bonds is 3. The second-order valence-electron chi connectivity index (χ2n) is 6.04. The third-order valence-electron chi connectivity index (χ3n) is 5.83. The Morgan fingerprint density at radius 2 is 1.88 bits per heavy atom. The minimum Gasteiger partial charge on any atom is -0.453 e. The smallest absolute Gasteiger partial charge is 0.447 e. The third-order valence-corrected chi connectivity index (χ3v) is 5.83. The van der Waals surface area contributed by atoms with Crippen molar-refractivity contribution < 1.29 is 23.1 Å². The van der Waals surface area contributed by atoms with Gasteiger partial charge in [0.05, 0.1) is 0 Å². The van der Waals surface area contributed by atoms with Crippen molar-refractivity contribution in [1.29, 1.82) is 0 Å². The molecule has 0 aromatic heterocycles. The number of halogens is 2. The predicted octanol–water partition coefficient (Wildman–Crippen LogP) is 1.53. The summed E-state index contributed by atoms with van der Waals surface area (Å²) in [6, 6.07) is 0. The molecule has 0 aliphatic heterocycles. The highest BCUT2D eigenvalue weighted by molar-refractivity contribution is 5.95. The Morgan fingerprint density at radius 1 is 1.29 bits per heavy atom. The maximum Gasteiger partial charge on any atom is 0.447 e. The van der Waals surface area contributed by atoms with Gasteiger partial charge in [0.25, 0.3) is 0 Å². The summed E-state index contributed by atoms with van der Waals surface area (Å²) in [4.78, 5) is 19.7. The van der Waals surface area contributed by atoms with Gasteiger partial charge in [0.15, 0.2) is 0 Å². The van der Waals surface area contributed by atoms with E-state index < -0.39 is 17.5 Å². The molecule has 0 aromatic rings. The minimum atomic E-state index is -3.87. The van der Waals surface area contributed by atoms with Crippen molar-refractivity contribution in [1.82, 2.24) is 0 Å². The van der Waals surface area contributed by atoms with Crippen LogP contribution in [0.1, 0.15) is 25.7 Å². The second-order valence-corrected chi connectivity index (χ2v) is 6.04. The Balaban J connectivity index is 1.55. The third kappa shape index (κ3) is 0.754. The van der Waals surface area contributed by atoms with Crippen molar-refractivity contribution in [2.75, 3.05) is 0 Å². The topological polar surface area (TPSA) is 47.7 Å². The van der Waals surface area contributed by atoms with Gasteiger partial charge in [-0.1, -0.05) is 0 Å². The zero-order valence-corrected chi connectivity index (χ0v) is 9.16. The second kappa shape index (κ2) is 2.40. The van der Waals surface area contributed by atoms with E-state index in [-0.39, 0.29) is 11.7 Å². The van der Waals surface area contributed by atoms with Gasteiger partial charge in [0, 0.05) is 5.41 Å². The quantitative estimate of drug-likeness (QED) is 0.326. The molecule has 1 N–H and O–H groups in total. The molecule has 0 amide bonds. The molecular formula is C12H13F2O3+. The van der Waals surface area contributed by atoms with Gasteiger partial charge < -0.3 is 4.74 Å². The minimum absolute atomic E-state index is 0.0776. The zero-order chi connectivity index (χ0) is 12.1. The number of esters is 1. The molecule has 0 saturated heterocycles. The van der Waals surface area contributed by atoms with E-state index in [0.29, 0.717) is 17.8 Å². The van der Waals surface area contributed by atoms with Crippen LogP contribution in [0.4, 0.5) is 8.78 Å². The van der Waals surface area contributed by atoms with Crippen molar-refractivity contribution >= 4 is 12.3 Å². The molecule has 3 nitrogen and oxygen atoms in total. The van der Waals surface area contributed by atoms with Crippen LogP contribution in [-0.4, -0.2) is 28.6 Å². The molecule has 92 valence electrons. The summed E-state index contributed by atoms with van der Waals surface area (Å²) in [5.41, 5.74) is -0.527. The van der Waals surface area contributed by atoms with E-state index in [2.05, 4.69) is 0 Å². The molecule has 2 atom stereocenters. The van der Waals surface area contributed by atoms with E-state index in [1.54, 1.807) is 0 Å². The van der Waals surface area contributed by atoms with E-state index in [1.165, 1.54) is 12.8 Å². The number of aldehydes is 1. The Kier molecular flexibility index (Phi) is 1.41. The molecule has 0 bridgehead atoms. The number of carbonyl (C=O) groups excluding carboxylic acids is 2. The van der Waals surface area contributed by atoms with Gasteiger partial charge in [0.1, 0.15) is 5.60 Å². The van der Waals surface area contributed by atoms with Crippen LogP contribution in [0.3, 0.4) is 0 Å². The standard InChI is InChI=1S/C12H12F2O3/c13-11(14,5-15)9(16)17-10-3-7-1-6-2-8(4-10)12(6,7)10/h5-8H,1-4H2/p+1. The number of hydrogen-bond acceptors (Lipinski definition) is 2. The Hall–Kier alpha value is -1.00. The maximum atomic E-state index is 13.0. The SMILES string of the molecule is O=C(OC12CC3CC4CC(C1)C432)C(F)(F)C=[OH+]. The van der Waals surface area contributed by atoms with Gasteiger partial charge in [-0.15, -0.1) is 0 Å². The summed E-state index contributed by atoms with van der Waals surface area (Å²) in [7, 11) is 0. The van der Waals surface area contributed by atoms with Crippen LogP contribution < -0.4 is 0 Å². The average Bonchev–Trinajstić information content (AvgIpc) is 2.18. The van der Waals surface area contributed by atoms with Gasteiger partial charge in [0.2, 0.25) is 0 Å². The fourth-order valence-corrected chi connectivity index (χ4v) is 5.30. The number of ether oxygens (including phenoxy) is 1. The first-order valence-electron chi connectivity index (χ1n) is 6.06. The highest BCUT2D eigenvalue weighted by atomic mass is 19.3. The fraction of sp³-hybridized carbons (Fsp3) is 0.833. The number of hydrogen-bond donors (Lipinski definition) is 0. The van der Waals surface area contributed by atoms with Crippen LogP contribution in [0, 0.1) is 23.2 Å². The van der Waals surface area contributed by atoms with Crippen molar-refractivity contribution in [2.24, 2.45) is 23.2 Å². The highest BCUT2D eigenvalue weighted by Gasteiger charge is 2.90. The summed E-state index contributed by atoms with van der Waals surface area (Å²) >= 11 is 0. The largest absolute Gasteiger partial charge is 0.453 e. The summed E-state index contributed by atoms with van der Waals surface area (Å²) in [5.74, 6) is -3.67. The first-order valence-corrected chi connectivity index (χ1v) is 6.06. The molecule has 4 fully saturated rings. The van der Waals surface area contributed by atoms with E-state index in [0.717, 1.165) is 12.8 Å². The van der Waals surface area contributed by atoms with Crippen LogP contribution in [0.15, 0.2) is 0 Å². The molecule has 4 aliphatic rings. The molecule has 2 unspecified atom stereocenters. The van der Waals surface area contributed by atoms with Crippen LogP contribution in [0.2, 0.25) is 0 Å². The van der Waals surface area contributed by atoms with Crippen molar-refractivity contribution in [2.45, 2.75) is 37.2 Å². The average molecular weight is 243 g/mol. The Bertz CT molecular complexity index is 420. The molecular weight excluding hydrogens is 230 g/mol. The van der Waals surface area contributed by atoms with Crippen LogP contribution in [0.25, 0.3) is 0 Å². The maximum absolute atomic E-state index is 13.0. The fourth-order valence-electron chi connectivity index (χ4n) is 5.30. The Morgan fingerprint density at radius 3 is 2.29 bits per heavy atom. The summed E-state index contributed by atoms with van der Waals surface area (Å²) in [6.07, 6.45) is 3.46. The predicted molar refractivity (Wildman–Crippen MR) is 53.1 cm³/mol. The lowest BCUT2D eigenvalue weighted by molar-refractivity contribution is -0.450. The molecule has 0 radical (unpaired) electrons. The van der Waals surface area contributed by atoms with Gasteiger partial charge in [-0.2, -0.15) is 8.78 Å². The zero-order valence-electron chi connectivity index (χ0n) is 9.16. The van der Waals surface area contributed by atoms with Crippen LogP contribution in [-0.2, 0) is 9.53 Å². The van der Waals surface area contributed by atoms with Crippen molar-refractivity contribution in [3.05, 3.63) is 0 Å². The van der Waals surface area contributed by atoms with Gasteiger partial charge in [-0.05, 0) is 43.4 Å². The molecule has 4 aliphatic carbocycles. The van der Waals surface area contributed by atoms with Crippen molar-refractivity contribution in [3.63, 3.8) is 0 Å². The van der Waals surface area contributed by atoms with E-state index in [9.17, 15) is 13.6 Å². The lowest BCUT2D eigenvalue weighted by atomic mass is 9.16. The van der Waals surface area contributed by atoms with Gasteiger partial charge in [-0.25, -0.2) is 4.79 Å². The summed E-state index contributed by atoms with van der Waals surface area (Å²) in [5, 5.41) is 0. The monoisotopic (exact) mass is 243 g/mol. The molecule has 5 heteroatoms.